The van der Waals surface area contributed by atoms with E-state index in [1.807, 2.05) is 12.1 Å². The molecule has 1 aliphatic heterocycles. The van der Waals surface area contributed by atoms with Crippen LogP contribution in [0.2, 0.25) is 0 Å². The molecule has 2 heterocycles. The summed E-state index contributed by atoms with van der Waals surface area (Å²) in [6.45, 7) is 0. The lowest BCUT2D eigenvalue weighted by Crippen LogP contribution is -2.31. The van der Waals surface area contributed by atoms with Gasteiger partial charge >= 0.3 is 0 Å². The van der Waals surface area contributed by atoms with Crippen LogP contribution >= 0.6 is 23.6 Å². The van der Waals surface area contributed by atoms with Crippen LogP contribution in [0.4, 0.5) is 14.5 Å². The number of rotatable bonds is 3. The first kappa shape index (κ1) is 17.5. The van der Waals surface area contributed by atoms with Crippen molar-refractivity contribution in [3.8, 4) is 10.4 Å². The van der Waals surface area contributed by atoms with E-state index >= 15 is 0 Å². The number of hydrogen-bond acceptors (Lipinski definition) is 3. The van der Waals surface area contributed by atoms with Crippen LogP contribution in [0, 0.1) is 11.6 Å². The zero-order chi connectivity index (χ0) is 19.0. The number of para-hydroxylation sites is 1. The van der Waals surface area contributed by atoms with Gasteiger partial charge in [-0.2, -0.15) is 0 Å². The Morgan fingerprint density at radius 3 is 2.48 bits per heavy atom. The molecular formula is C20H12F2N2OS2. The van der Waals surface area contributed by atoms with Gasteiger partial charge in [-0.1, -0.05) is 24.3 Å². The van der Waals surface area contributed by atoms with Gasteiger partial charge in [-0.05, 0) is 60.3 Å². The second kappa shape index (κ2) is 7.02. The Labute approximate surface area is 163 Å². The zero-order valence-electron chi connectivity index (χ0n) is 13.8. The molecule has 0 radical (unpaired) electrons. The molecule has 4 rings (SSSR count). The highest BCUT2D eigenvalue weighted by Crippen LogP contribution is 2.31. The van der Waals surface area contributed by atoms with Crippen molar-refractivity contribution in [3.05, 3.63) is 82.9 Å². The Morgan fingerprint density at radius 2 is 1.74 bits per heavy atom. The van der Waals surface area contributed by atoms with Crippen LogP contribution in [-0.2, 0) is 4.79 Å². The van der Waals surface area contributed by atoms with Crippen molar-refractivity contribution in [1.29, 1.82) is 0 Å². The average Bonchev–Trinajstić information content (AvgIpc) is 3.22. The number of thiocarbonyl (C=S) groups is 1. The Balaban J connectivity index is 1.62. The van der Waals surface area contributed by atoms with Gasteiger partial charge in [0.05, 0.1) is 5.69 Å². The number of thiophene rings is 1. The van der Waals surface area contributed by atoms with Crippen molar-refractivity contribution in [1.82, 2.24) is 5.32 Å². The molecule has 0 atom stereocenters. The second-order valence-corrected chi connectivity index (χ2v) is 7.29. The summed E-state index contributed by atoms with van der Waals surface area (Å²) in [7, 11) is 0. The predicted octanol–water partition coefficient (Wildman–Crippen LogP) is 4.96. The van der Waals surface area contributed by atoms with Gasteiger partial charge in [0, 0.05) is 9.75 Å². The molecule has 7 heteroatoms. The zero-order valence-corrected chi connectivity index (χ0v) is 15.4. The molecule has 2 aromatic carbocycles. The summed E-state index contributed by atoms with van der Waals surface area (Å²) in [5.74, 6) is -1.23. The Hall–Kier alpha value is -2.90. The molecule has 0 aliphatic carbocycles. The highest BCUT2D eigenvalue weighted by molar-refractivity contribution is 7.80. The quantitative estimate of drug-likeness (QED) is 0.500. The fourth-order valence-corrected chi connectivity index (χ4v) is 3.98. The molecule has 1 aromatic heterocycles. The summed E-state index contributed by atoms with van der Waals surface area (Å²) in [4.78, 5) is 15.6. The van der Waals surface area contributed by atoms with Crippen molar-refractivity contribution < 1.29 is 13.6 Å². The van der Waals surface area contributed by atoms with Crippen LogP contribution in [-0.4, -0.2) is 11.0 Å². The summed E-state index contributed by atoms with van der Waals surface area (Å²) in [5, 5.41) is 2.97. The minimum absolute atomic E-state index is 0.113. The van der Waals surface area contributed by atoms with Crippen LogP contribution in [0.5, 0.6) is 0 Å². The molecule has 1 saturated heterocycles. The van der Waals surface area contributed by atoms with Gasteiger partial charge in [0.25, 0.3) is 5.91 Å². The molecule has 0 bridgehead atoms. The summed E-state index contributed by atoms with van der Waals surface area (Å²) in [6.07, 6.45) is 1.67. The van der Waals surface area contributed by atoms with Gasteiger partial charge < -0.3 is 5.32 Å². The molecule has 1 aliphatic rings. The molecule has 1 N–H and O–H groups in total. The van der Waals surface area contributed by atoms with E-state index in [1.165, 1.54) is 35.6 Å². The van der Waals surface area contributed by atoms with E-state index < -0.39 is 11.7 Å². The third-order valence-corrected chi connectivity index (χ3v) is 5.38. The number of anilines is 1. The number of halogens is 2. The number of carbonyl (C=O) groups is 1. The van der Waals surface area contributed by atoms with Crippen molar-refractivity contribution in [2.45, 2.75) is 0 Å². The van der Waals surface area contributed by atoms with Crippen LogP contribution in [0.1, 0.15) is 4.88 Å². The lowest BCUT2D eigenvalue weighted by Gasteiger charge is -2.14. The van der Waals surface area contributed by atoms with E-state index in [0.717, 1.165) is 20.2 Å². The summed E-state index contributed by atoms with van der Waals surface area (Å²) >= 11 is 6.66. The maximum Gasteiger partial charge on any atom is 0.281 e. The third kappa shape index (κ3) is 3.39. The molecule has 1 fully saturated rings. The Kier molecular flexibility index (Phi) is 4.55. The SMILES string of the molecule is O=C1/C(=C/c2ccc(-c3ccc(F)cc3)s2)NC(=S)N1c1ccccc1F. The maximum absolute atomic E-state index is 14.0. The maximum atomic E-state index is 14.0. The number of hydrogen-bond donors (Lipinski definition) is 1. The fraction of sp³-hybridized carbons (Fsp3) is 0. The van der Waals surface area contributed by atoms with Crippen molar-refractivity contribution in [3.63, 3.8) is 0 Å². The third-order valence-electron chi connectivity index (χ3n) is 4.01. The van der Waals surface area contributed by atoms with Crippen molar-refractivity contribution >= 4 is 46.3 Å². The topological polar surface area (TPSA) is 32.3 Å². The first-order valence-electron chi connectivity index (χ1n) is 8.00. The van der Waals surface area contributed by atoms with Gasteiger partial charge in [0.15, 0.2) is 5.11 Å². The van der Waals surface area contributed by atoms with Crippen LogP contribution in [0.25, 0.3) is 16.5 Å². The molecule has 3 aromatic rings. The molecule has 0 unspecified atom stereocenters. The molecule has 27 heavy (non-hydrogen) atoms. The number of amides is 1. The van der Waals surface area contributed by atoms with Gasteiger partial charge in [-0.3, -0.25) is 4.79 Å². The molecule has 0 saturated carbocycles. The summed E-state index contributed by atoms with van der Waals surface area (Å²) in [6, 6.07) is 15.9. The Morgan fingerprint density at radius 1 is 1.00 bits per heavy atom. The average molecular weight is 398 g/mol. The molecule has 134 valence electrons. The monoisotopic (exact) mass is 398 g/mol. The van der Waals surface area contributed by atoms with Gasteiger partial charge in [0.1, 0.15) is 17.3 Å². The lowest BCUT2D eigenvalue weighted by atomic mass is 10.2. The highest BCUT2D eigenvalue weighted by atomic mass is 32.1. The standard InChI is InChI=1S/C20H12F2N2OS2/c21-13-7-5-12(6-8-13)18-10-9-14(27-18)11-16-19(25)24(20(26)23-16)17-4-2-1-3-15(17)22/h1-11H,(H,23,26)/b16-11-. The van der Waals surface area contributed by atoms with Crippen molar-refractivity contribution in [2.24, 2.45) is 0 Å². The first-order valence-corrected chi connectivity index (χ1v) is 9.23. The molecular weight excluding hydrogens is 386 g/mol. The summed E-state index contributed by atoms with van der Waals surface area (Å²) < 4.78 is 27.1. The Bertz CT molecular complexity index is 1070. The largest absolute Gasteiger partial charge is 0.327 e. The predicted molar refractivity (Wildman–Crippen MR) is 107 cm³/mol. The van der Waals surface area contributed by atoms with E-state index in [1.54, 1.807) is 30.3 Å². The lowest BCUT2D eigenvalue weighted by molar-refractivity contribution is -0.113. The number of nitrogens with one attached hydrogen (secondary N) is 1. The highest BCUT2D eigenvalue weighted by Gasteiger charge is 2.33. The number of benzene rings is 2. The second-order valence-electron chi connectivity index (χ2n) is 5.79. The van der Waals surface area contributed by atoms with Gasteiger partial charge in [-0.15, -0.1) is 11.3 Å². The number of nitrogens with zero attached hydrogens (tertiary/aromatic N) is 1. The number of carbonyl (C=O) groups excluding carboxylic acids is 1. The van der Waals surface area contributed by atoms with Crippen molar-refractivity contribution in [2.75, 3.05) is 4.90 Å². The van der Waals surface area contributed by atoms with Crippen LogP contribution in [0.15, 0.2) is 66.4 Å². The normalized spacial score (nSPS) is 15.5. The first-order chi connectivity index (χ1) is 13.0. The molecule has 0 spiro atoms. The van der Waals surface area contributed by atoms with E-state index in [4.69, 9.17) is 12.2 Å². The molecule has 3 nitrogen and oxygen atoms in total. The van der Waals surface area contributed by atoms with E-state index in [9.17, 15) is 13.6 Å². The van der Waals surface area contributed by atoms with Gasteiger partial charge in [-0.25, -0.2) is 13.7 Å². The summed E-state index contributed by atoms with van der Waals surface area (Å²) in [5.41, 5.74) is 1.28. The van der Waals surface area contributed by atoms with E-state index in [-0.39, 0.29) is 22.3 Å². The van der Waals surface area contributed by atoms with Crippen LogP contribution < -0.4 is 10.2 Å². The van der Waals surface area contributed by atoms with E-state index in [0.29, 0.717) is 0 Å². The van der Waals surface area contributed by atoms with Gasteiger partial charge in [0.2, 0.25) is 0 Å². The minimum Gasteiger partial charge on any atom is -0.327 e. The fourth-order valence-electron chi connectivity index (χ4n) is 2.73. The van der Waals surface area contributed by atoms with E-state index in [2.05, 4.69) is 5.32 Å². The molecule has 1 amide bonds. The van der Waals surface area contributed by atoms with Crippen LogP contribution in [0.3, 0.4) is 0 Å². The minimum atomic E-state index is -0.522. The smallest absolute Gasteiger partial charge is 0.281 e.